The van der Waals surface area contributed by atoms with Crippen LogP contribution in [0.4, 0.5) is 5.82 Å². The molecular formula is C11H20N4O. The van der Waals surface area contributed by atoms with Crippen LogP contribution < -0.4 is 5.32 Å². The van der Waals surface area contributed by atoms with Crippen LogP contribution in [0, 0.1) is 0 Å². The third kappa shape index (κ3) is 3.21. The maximum absolute atomic E-state index is 5.31. The molecule has 90 valence electrons. The predicted molar refractivity (Wildman–Crippen MR) is 63.6 cm³/mol. The highest BCUT2D eigenvalue weighted by Crippen LogP contribution is 2.11. The quantitative estimate of drug-likeness (QED) is 0.797. The Morgan fingerprint density at radius 3 is 3.19 bits per heavy atom. The second-order valence-corrected chi connectivity index (χ2v) is 4.47. The second kappa shape index (κ2) is 5.32. The molecule has 1 aliphatic heterocycles. The van der Waals surface area contributed by atoms with Crippen LogP contribution in [0.25, 0.3) is 0 Å². The van der Waals surface area contributed by atoms with E-state index in [9.17, 15) is 0 Å². The van der Waals surface area contributed by atoms with Crippen molar-refractivity contribution < 1.29 is 4.74 Å². The van der Waals surface area contributed by atoms with Crippen LogP contribution in [0.2, 0.25) is 0 Å². The molecular weight excluding hydrogens is 204 g/mol. The summed E-state index contributed by atoms with van der Waals surface area (Å²) in [5.41, 5.74) is 0. The van der Waals surface area contributed by atoms with Gasteiger partial charge in [-0.1, -0.05) is 0 Å². The van der Waals surface area contributed by atoms with Gasteiger partial charge in [-0.15, -0.1) is 0 Å². The van der Waals surface area contributed by atoms with Gasteiger partial charge in [0, 0.05) is 25.4 Å². The van der Waals surface area contributed by atoms with Gasteiger partial charge in [-0.2, -0.15) is 5.10 Å². The highest BCUT2D eigenvalue weighted by molar-refractivity contribution is 5.33. The molecule has 1 fully saturated rings. The number of anilines is 1. The van der Waals surface area contributed by atoms with Crippen LogP contribution in [0.3, 0.4) is 0 Å². The number of nitrogens with zero attached hydrogens (tertiary/aromatic N) is 3. The molecule has 0 aromatic carbocycles. The lowest BCUT2D eigenvalue weighted by molar-refractivity contribution is 0.195. The van der Waals surface area contributed by atoms with Crippen LogP contribution >= 0.6 is 0 Å². The van der Waals surface area contributed by atoms with E-state index in [4.69, 9.17) is 4.74 Å². The first-order valence-electron chi connectivity index (χ1n) is 5.76. The molecule has 2 rings (SSSR count). The topological polar surface area (TPSA) is 42.3 Å². The third-order valence-corrected chi connectivity index (χ3v) is 2.70. The standard InChI is InChI=1S/C11H20N4O/c1-14(2)6-7-15-5-3-11(13-15)12-10-4-8-16-9-10/h3,5,10H,4,6-9H2,1-2H3,(H,12,13). The van der Waals surface area contributed by atoms with E-state index in [2.05, 4.69) is 29.4 Å². The van der Waals surface area contributed by atoms with Gasteiger partial charge in [0.25, 0.3) is 0 Å². The van der Waals surface area contributed by atoms with Crippen molar-refractivity contribution in [2.45, 2.75) is 19.0 Å². The first-order chi connectivity index (χ1) is 7.74. The predicted octanol–water partition coefficient (Wildman–Crippen LogP) is 0.645. The molecule has 1 saturated heterocycles. The van der Waals surface area contributed by atoms with Crippen LogP contribution in [0.1, 0.15) is 6.42 Å². The van der Waals surface area contributed by atoms with Crippen molar-refractivity contribution >= 4 is 5.82 Å². The average Bonchev–Trinajstić information content (AvgIpc) is 2.87. The third-order valence-electron chi connectivity index (χ3n) is 2.70. The smallest absolute Gasteiger partial charge is 0.148 e. The Balaban J connectivity index is 1.81. The number of hydrogen-bond acceptors (Lipinski definition) is 4. The van der Waals surface area contributed by atoms with Gasteiger partial charge < -0.3 is 15.0 Å². The number of hydrogen-bond donors (Lipinski definition) is 1. The fraction of sp³-hybridized carbons (Fsp3) is 0.727. The van der Waals surface area contributed by atoms with Gasteiger partial charge in [0.15, 0.2) is 0 Å². The minimum absolute atomic E-state index is 0.428. The molecule has 1 aliphatic rings. The molecule has 0 amide bonds. The van der Waals surface area contributed by atoms with Gasteiger partial charge in [-0.3, -0.25) is 4.68 Å². The molecule has 0 aliphatic carbocycles. The van der Waals surface area contributed by atoms with E-state index in [1.807, 2.05) is 16.9 Å². The van der Waals surface area contributed by atoms with Crippen molar-refractivity contribution in [3.05, 3.63) is 12.3 Å². The molecule has 1 unspecified atom stereocenters. The molecule has 5 heteroatoms. The molecule has 1 aromatic rings. The van der Waals surface area contributed by atoms with Gasteiger partial charge in [-0.05, 0) is 20.5 Å². The van der Waals surface area contributed by atoms with Crippen LogP contribution in [-0.4, -0.2) is 54.6 Å². The van der Waals surface area contributed by atoms with Crippen LogP contribution in [0.15, 0.2) is 12.3 Å². The van der Waals surface area contributed by atoms with Gasteiger partial charge in [0.05, 0.1) is 19.2 Å². The number of ether oxygens (including phenoxy) is 1. The number of likely N-dealkylation sites (N-methyl/N-ethyl adjacent to an activating group) is 1. The SMILES string of the molecule is CN(C)CCn1ccc(NC2CCOC2)n1. The molecule has 1 atom stereocenters. The molecule has 2 heterocycles. The van der Waals surface area contributed by atoms with E-state index in [1.54, 1.807) is 0 Å². The molecule has 1 N–H and O–H groups in total. The Kier molecular flexibility index (Phi) is 3.79. The summed E-state index contributed by atoms with van der Waals surface area (Å²) < 4.78 is 7.28. The summed E-state index contributed by atoms with van der Waals surface area (Å²) in [6.45, 7) is 3.59. The molecule has 16 heavy (non-hydrogen) atoms. The largest absolute Gasteiger partial charge is 0.379 e. The molecule has 0 spiro atoms. The van der Waals surface area contributed by atoms with E-state index < -0.39 is 0 Å². The first-order valence-corrected chi connectivity index (χ1v) is 5.76. The Bertz CT molecular complexity index is 318. The monoisotopic (exact) mass is 224 g/mol. The van der Waals surface area contributed by atoms with E-state index in [-0.39, 0.29) is 0 Å². The number of rotatable bonds is 5. The summed E-state index contributed by atoms with van der Waals surface area (Å²) in [5, 5.41) is 7.85. The molecule has 0 saturated carbocycles. The molecule has 0 bridgehead atoms. The molecule has 5 nitrogen and oxygen atoms in total. The van der Waals surface area contributed by atoms with Crippen molar-refractivity contribution in [1.29, 1.82) is 0 Å². The Labute approximate surface area is 96.4 Å². The van der Waals surface area contributed by atoms with Gasteiger partial charge in [0.1, 0.15) is 5.82 Å². The molecule has 0 radical (unpaired) electrons. The maximum Gasteiger partial charge on any atom is 0.148 e. The van der Waals surface area contributed by atoms with Gasteiger partial charge >= 0.3 is 0 Å². The Morgan fingerprint density at radius 2 is 2.50 bits per heavy atom. The van der Waals surface area contributed by atoms with Crippen molar-refractivity contribution in [1.82, 2.24) is 14.7 Å². The summed E-state index contributed by atoms with van der Waals surface area (Å²) in [6, 6.07) is 2.45. The van der Waals surface area contributed by atoms with Crippen molar-refractivity contribution in [3.8, 4) is 0 Å². The maximum atomic E-state index is 5.31. The zero-order chi connectivity index (χ0) is 11.4. The summed E-state index contributed by atoms with van der Waals surface area (Å²) in [4.78, 5) is 2.15. The minimum Gasteiger partial charge on any atom is -0.379 e. The fourth-order valence-corrected chi connectivity index (χ4v) is 1.72. The van der Waals surface area contributed by atoms with E-state index >= 15 is 0 Å². The van der Waals surface area contributed by atoms with Crippen molar-refractivity contribution in [2.24, 2.45) is 0 Å². The number of nitrogens with one attached hydrogen (secondary N) is 1. The first kappa shape index (κ1) is 11.4. The zero-order valence-electron chi connectivity index (χ0n) is 10.0. The van der Waals surface area contributed by atoms with Crippen LogP contribution in [0.5, 0.6) is 0 Å². The normalized spacial score (nSPS) is 20.6. The average molecular weight is 224 g/mol. The lowest BCUT2D eigenvalue weighted by Crippen LogP contribution is -2.20. The lowest BCUT2D eigenvalue weighted by Gasteiger charge is -2.10. The summed E-state index contributed by atoms with van der Waals surface area (Å²) >= 11 is 0. The van der Waals surface area contributed by atoms with Gasteiger partial charge in [0.2, 0.25) is 0 Å². The van der Waals surface area contributed by atoms with E-state index in [1.165, 1.54) is 0 Å². The summed E-state index contributed by atoms with van der Waals surface area (Å²) in [7, 11) is 4.14. The van der Waals surface area contributed by atoms with Crippen molar-refractivity contribution in [3.63, 3.8) is 0 Å². The summed E-state index contributed by atoms with van der Waals surface area (Å²) in [6.07, 6.45) is 3.09. The Morgan fingerprint density at radius 1 is 1.62 bits per heavy atom. The highest BCUT2D eigenvalue weighted by atomic mass is 16.5. The fourth-order valence-electron chi connectivity index (χ4n) is 1.72. The number of aromatic nitrogens is 2. The zero-order valence-corrected chi connectivity index (χ0v) is 10.0. The summed E-state index contributed by atoms with van der Waals surface area (Å²) in [5.74, 6) is 0.953. The molecule has 1 aromatic heterocycles. The van der Waals surface area contributed by atoms with E-state index in [0.29, 0.717) is 6.04 Å². The highest BCUT2D eigenvalue weighted by Gasteiger charge is 2.15. The van der Waals surface area contributed by atoms with Crippen LogP contribution in [-0.2, 0) is 11.3 Å². The lowest BCUT2D eigenvalue weighted by atomic mass is 10.3. The van der Waals surface area contributed by atoms with Gasteiger partial charge in [-0.25, -0.2) is 0 Å². The second-order valence-electron chi connectivity index (χ2n) is 4.47. The Hall–Kier alpha value is -1.07. The van der Waals surface area contributed by atoms with E-state index in [0.717, 1.165) is 38.5 Å². The minimum atomic E-state index is 0.428. The van der Waals surface area contributed by atoms with Crippen molar-refractivity contribution in [2.75, 3.05) is 39.2 Å².